The zero-order chi connectivity index (χ0) is 8.67. The van der Waals surface area contributed by atoms with E-state index in [2.05, 4.69) is 10.2 Å². The maximum atomic E-state index is 3.44. The predicted octanol–water partition coefficient (Wildman–Crippen LogP) is 1.08. The summed E-state index contributed by atoms with van der Waals surface area (Å²) in [5.74, 6) is 2.17. The van der Waals surface area contributed by atoms with Crippen LogP contribution in [0.15, 0.2) is 0 Å². The summed E-state index contributed by atoms with van der Waals surface area (Å²) in [6, 6.07) is 0.973. The Labute approximate surface area is 80.7 Å². The maximum Gasteiger partial charge on any atom is 0.0127 e. The van der Waals surface area contributed by atoms with Gasteiger partial charge in [0.2, 0.25) is 0 Å². The third-order valence-corrected chi connectivity index (χ3v) is 4.32. The Balaban J connectivity index is 1.65. The van der Waals surface area contributed by atoms with Crippen molar-refractivity contribution < 1.29 is 0 Å². The van der Waals surface area contributed by atoms with Gasteiger partial charge in [-0.1, -0.05) is 6.42 Å². The lowest BCUT2D eigenvalue weighted by molar-refractivity contribution is 0.126. The molecule has 0 unspecified atom stereocenters. The molecule has 2 aliphatic carbocycles. The molecule has 3 fully saturated rings. The number of nitrogens with zero attached hydrogens (tertiary/aromatic N) is 1. The van der Waals surface area contributed by atoms with E-state index in [1.807, 2.05) is 0 Å². The highest BCUT2D eigenvalue weighted by atomic mass is 15.2. The van der Waals surface area contributed by atoms with E-state index in [4.69, 9.17) is 0 Å². The lowest BCUT2D eigenvalue weighted by Gasteiger charge is -2.37. The van der Waals surface area contributed by atoms with E-state index in [9.17, 15) is 0 Å². The fourth-order valence-corrected chi connectivity index (χ4v) is 3.67. The van der Waals surface area contributed by atoms with Crippen LogP contribution in [0.5, 0.6) is 0 Å². The average Bonchev–Trinajstić information content (AvgIpc) is 2.80. The SMILES string of the molecule is C1CN([C@H]2C[C@@H]3CC[C@H]2C3)CCN1. The van der Waals surface area contributed by atoms with Gasteiger partial charge in [0.25, 0.3) is 0 Å². The minimum atomic E-state index is 0.973. The Morgan fingerprint density at radius 2 is 1.85 bits per heavy atom. The van der Waals surface area contributed by atoms with Crippen molar-refractivity contribution in [1.82, 2.24) is 10.2 Å². The number of nitrogens with one attached hydrogen (secondary N) is 1. The summed E-state index contributed by atoms with van der Waals surface area (Å²) in [7, 11) is 0. The summed E-state index contributed by atoms with van der Waals surface area (Å²) in [4.78, 5) is 2.75. The second-order valence-corrected chi connectivity index (χ2v) is 5.03. The average molecular weight is 180 g/mol. The van der Waals surface area contributed by atoms with Crippen LogP contribution in [-0.4, -0.2) is 37.1 Å². The molecule has 0 amide bonds. The minimum absolute atomic E-state index is 0.973. The molecule has 1 N–H and O–H groups in total. The van der Waals surface area contributed by atoms with Crippen LogP contribution in [0.2, 0.25) is 0 Å². The second kappa shape index (κ2) is 3.25. The van der Waals surface area contributed by atoms with E-state index in [1.54, 1.807) is 6.42 Å². The van der Waals surface area contributed by atoms with E-state index in [1.165, 1.54) is 45.4 Å². The fraction of sp³-hybridized carbons (Fsp3) is 1.00. The van der Waals surface area contributed by atoms with Crippen molar-refractivity contribution in [3.63, 3.8) is 0 Å². The molecule has 0 aromatic heterocycles. The van der Waals surface area contributed by atoms with Gasteiger partial charge < -0.3 is 5.32 Å². The zero-order valence-electron chi connectivity index (χ0n) is 8.34. The van der Waals surface area contributed by atoms with Crippen LogP contribution in [-0.2, 0) is 0 Å². The van der Waals surface area contributed by atoms with Gasteiger partial charge in [0.15, 0.2) is 0 Å². The maximum absolute atomic E-state index is 3.44. The number of fused-ring (bicyclic) bond motifs is 2. The summed E-state index contributed by atoms with van der Waals surface area (Å²) in [5.41, 5.74) is 0. The molecule has 1 heterocycles. The topological polar surface area (TPSA) is 15.3 Å². The molecule has 0 aromatic rings. The molecule has 0 aromatic carbocycles. The minimum Gasteiger partial charge on any atom is -0.314 e. The summed E-state index contributed by atoms with van der Waals surface area (Å²) < 4.78 is 0. The molecule has 1 aliphatic heterocycles. The quantitative estimate of drug-likeness (QED) is 0.649. The van der Waals surface area contributed by atoms with E-state index in [0.29, 0.717) is 0 Å². The molecule has 74 valence electrons. The zero-order valence-corrected chi connectivity index (χ0v) is 8.34. The van der Waals surface area contributed by atoms with E-state index < -0.39 is 0 Å². The number of rotatable bonds is 1. The summed E-state index contributed by atoms with van der Waals surface area (Å²) in [5, 5.41) is 3.44. The molecule has 2 heteroatoms. The van der Waals surface area contributed by atoms with Crippen molar-refractivity contribution in [2.45, 2.75) is 31.7 Å². The van der Waals surface area contributed by atoms with Gasteiger partial charge in [-0.15, -0.1) is 0 Å². The van der Waals surface area contributed by atoms with E-state index in [-0.39, 0.29) is 0 Å². The Hall–Kier alpha value is -0.0800. The molecule has 2 nitrogen and oxygen atoms in total. The molecular formula is C11H20N2. The Morgan fingerprint density at radius 1 is 1.00 bits per heavy atom. The van der Waals surface area contributed by atoms with Crippen molar-refractivity contribution in [2.75, 3.05) is 26.2 Å². The second-order valence-electron chi connectivity index (χ2n) is 5.03. The van der Waals surface area contributed by atoms with Gasteiger partial charge in [-0.2, -0.15) is 0 Å². The molecule has 0 radical (unpaired) electrons. The first-order valence-corrected chi connectivity index (χ1v) is 5.88. The lowest BCUT2D eigenvalue weighted by atomic mass is 9.93. The molecule has 3 atom stereocenters. The smallest absolute Gasteiger partial charge is 0.0127 e. The monoisotopic (exact) mass is 180 g/mol. The van der Waals surface area contributed by atoms with Gasteiger partial charge in [0.05, 0.1) is 0 Å². The van der Waals surface area contributed by atoms with Crippen LogP contribution < -0.4 is 5.32 Å². The number of hydrogen-bond donors (Lipinski definition) is 1. The highest BCUT2D eigenvalue weighted by Gasteiger charge is 2.42. The Kier molecular flexibility index (Phi) is 2.06. The molecule has 1 saturated heterocycles. The van der Waals surface area contributed by atoms with Gasteiger partial charge in [-0.05, 0) is 31.1 Å². The summed E-state index contributed by atoms with van der Waals surface area (Å²) >= 11 is 0. The van der Waals surface area contributed by atoms with E-state index >= 15 is 0 Å². The highest BCUT2D eigenvalue weighted by molar-refractivity contribution is 4.96. The Bertz CT molecular complexity index is 187. The van der Waals surface area contributed by atoms with Crippen molar-refractivity contribution in [3.05, 3.63) is 0 Å². The third-order valence-electron chi connectivity index (χ3n) is 4.32. The molecule has 2 bridgehead atoms. The first-order valence-electron chi connectivity index (χ1n) is 5.88. The van der Waals surface area contributed by atoms with Crippen LogP contribution in [0.3, 0.4) is 0 Å². The first-order chi connectivity index (χ1) is 6.43. The lowest BCUT2D eigenvalue weighted by Crippen LogP contribution is -2.50. The molecule has 0 spiro atoms. The fourth-order valence-electron chi connectivity index (χ4n) is 3.67. The van der Waals surface area contributed by atoms with Gasteiger partial charge in [0, 0.05) is 32.2 Å². The molecule has 3 aliphatic rings. The number of hydrogen-bond acceptors (Lipinski definition) is 2. The van der Waals surface area contributed by atoms with Gasteiger partial charge in [-0.25, -0.2) is 0 Å². The van der Waals surface area contributed by atoms with Crippen LogP contribution in [0.4, 0.5) is 0 Å². The van der Waals surface area contributed by atoms with Crippen molar-refractivity contribution in [1.29, 1.82) is 0 Å². The van der Waals surface area contributed by atoms with Crippen molar-refractivity contribution in [3.8, 4) is 0 Å². The number of piperazine rings is 1. The molecular weight excluding hydrogens is 160 g/mol. The predicted molar refractivity (Wildman–Crippen MR) is 53.7 cm³/mol. The van der Waals surface area contributed by atoms with Crippen molar-refractivity contribution >= 4 is 0 Å². The summed E-state index contributed by atoms with van der Waals surface area (Å²) in [6.07, 6.45) is 6.13. The normalized spacial score (nSPS) is 45.7. The van der Waals surface area contributed by atoms with Gasteiger partial charge >= 0.3 is 0 Å². The Morgan fingerprint density at radius 3 is 2.46 bits per heavy atom. The summed E-state index contributed by atoms with van der Waals surface area (Å²) in [6.45, 7) is 5.03. The standard InChI is InChI=1S/C11H20N2/c1-2-10-7-9(1)8-11(10)13-5-3-12-4-6-13/h9-12H,1-8H2/t9-,10+,11+/m1/s1. The van der Waals surface area contributed by atoms with Crippen LogP contribution in [0, 0.1) is 11.8 Å². The molecule has 13 heavy (non-hydrogen) atoms. The van der Waals surface area contributed by atoms with Crippen LogP contribution in [0.1, 0.15) is 25.7 Å². The van der Waals surface area contributed by atoms with Crippen LogP contribution >= 0.6 is 0 Å². The van der Waals surface area contributed by atoms with E-state index in [0.717, 1.165) is 17.9 Å². The largest absolute Gasteiger partial charge is 0.314 e. The first kappa shape index (κ1) is 8.25. The van der Waals surface area contributed by atoms with Crippen LogP contribution in [0.25, 0.3) is 0 Å². The highest BCUT2D eigenvalue weighted by Crippen LogP contribution is 2.46. The van der Waals surface area contributed by atoms with Crippen molar-refractivity contribution in [2.24, 2.45) is 11.8 Å². The third kappa shape index (κ3) is 1.40. The van der Waals surface area contributed by atoms with Gasteiger partial charge in [-0.3, -0.25) is 4.90 Å². The van der Waals surface area contributed by atoms with Gasteiger partial charge in [0.1, 0.15) is 0 Å². The molecule has 3 rings (SSSR count). The molecule has 2 saturated carbocycles.